The number of ether oxygens (including phenoxy) is 2. The van der Waals surface area contributed by atoms with E-state index in [0.29, 0.717) is 41.5 Å². The summed E-state index contributed by atoms with van der Waals surface area (Å²) in [5.41, 5.74) is 1.53. The molecule has 0 radical (unpaired) electrons. The number of carboxylic acid groups (broad SMARTS) is 1. The normalized spacial score (nSPS) is 12.9. The Kier molecular flexibility index (Phi) is 5.50. The first-order valence-corrected chi connectivity index (χ1v) is 10.1. The lowest BCUT2D eigenvalue weighted by molar-refractivity contribution is -0.136. The zero-order chi connectivity index (χ0) is 22.1. The third-order valence-electron chi connectivity index (χ3n) is 5.26. The van der Waals surface area contributed by atoms with Crippen molar-refractivity contribution in [1.29, 1.82) is 0 Å². The molecule has 1 aliphatic heterocycles. The minimum atomic E-state index is -1.12. The molecule has 160 valence electrons. The smallest absolute Gasteiger partial charge is 0.307 e. The molecule has 0 saturated heterocycles. The zero-order valence-electron chi connectivity index (χ0n) is 17.3. The number of carboxylic acids is 1. The van der Waals surface area contributed by atoms with Gasteiger partial charge in [0.2, 0.25) is 0 Å². The summed E-state index contributed by atoms with van der Waals surface area (Å²) in [6, 6.07) is 11.8. The molecular formula is C24H22FNO5. The Labute approximate surface area is 178 Å². The average Bonchev–Trinajstić information content (AvgIpc) is 3.09. The number of carbonyl (C=O) groups excluding carboxylic acids is 1. The van der Waals surface area contributed by atoms with Crippen molar-refractivity contribution in [3.8, 4) is 11.5 Å². The van der Waals surface area contributed by atoms with Crippen LogP contribution < -0.4 is 14.4 Å². The van der Waals surface area contributed by atoms with Crippen LogP contribution in [0.15, 0.2) is 42.5 Å². The third-order valence-corrected chi connectivity index (χ3v) is 5.26. The molecule has 7 heteroatoms. The van der Waals surface area contributed by atoms with Crippen LogP contribution in [0.3, 0.4) is 0 Å². The topological polar surface area (TPSA) is 76.1 Å². The van der Waals surface area contributed by atoms with Crippen molar-refractivity contribution in [3.05, 3.63) is 65.0 Å². The number of carbonyl (C=O) groups is 2. The number of hydrogen-bond donors (Lipinski definition) is 1. The van der Waals surface area contributed by atoms with Gasteiger partial charge in [-0.25, -0.2) is 4.39 Å². The summed E-state index contributed by atoms with van der Waals surface area (Å²) in [5.74, 6) is -0.979. The second kappa shape index (κ2) is 8.26. The van der Waals surface area contributed by atoms with E-state index in [0.717, 1.165) is 10.8 Å². The number of fused-ring (bicyclic) bond motifs is 2. The Morgan fingerprint density at radius 2 is 1.71 bits per heavy atom. The maximum Gasteiger partial charge on any atom is 0.307 e. The zero-order valence-corrected chi connectivity index (χ0v) is 17.3. The minimum absolute atomic E-state index is 0.0659. The lowest BCUT2D eigenvalue weighted by atomic mass is 9.99. The minimum Gasteiger partial charge on any atom is -0.493 e. The molecule has 0 unspecified atom stereocenters. The van der Waals surface area contributed by atoms with E-state index in [1.807, 2.05) is 38.1 Å². The summed E-state index contributed by atoms with van der Waals surface area (Å²) in [5, 5.41) is 10.6. The van der Waals surface area contributed by atoms with E-state index in [4.69, 9.17) is 14.6 Å². The number of halogens is 1. The van der Waals surface area contributed by atoms with E-state index >= 15 is 0 Å². The monoisotopic (exact) mass is 423 g/mol. The number of amides is 1. The summed E-state index contributed by atoms with van der Waals surface area (Å²) >= 11 is 0. The van der Waals surface area contributed by atoms with Gasteiger partial charge in [-0.2, -0.15) is 0 Å². The molecule has 1 heterocycles. The average molecular weight is 423 g/mol. The van der Waals surface area contributed by atoms with Crippen LogP contribution in [0.4, 0.5) is 10.1 Å². The molecule has 1 N–H and O–H groups in total. The molecule has 0 aliphatic carbocycles. The fourth-order valence-electron chi connectivity index (χ4n) is 3.99. The van der Waals surface area contributed by atoms with Gasteiger partial charge in [0.25, 0.3) is 5.91 Å². The summed E-state index contributed by atoms with van der Waals surface area (Å²) in [6.07, 6.45) is -0.422. The van der Waals surface area contributed by atoms with E-state index in [-0.39, 0.29) is 18.0 Å². The SMILES string of the molecule is CCOc1c2c(c(OCC)c3ccccc13)C(=O)N(c1ccc(CC(=O)O)c(F)c1)C2. The van der Waals surface area contributed by atoms with Crippen LogP contribution in [-0.2, 0) is 17.8 Å². The van der Waals surface area contributed by atoms with Gasteiger partial charge < -0.3 is 19.5 Å². The Balaban J connectivity index is 1.85. The maximum atomic E-state index is 14.5. The Bertz CT molecular complexity index is 1190. The van der Waals surface area contributed by atoms with Crippen LogP contribution in [-0.4, -0.2) is 30.2 Å². The molecule has 31 heavy (non-hydrogen) atoms. The highest BCUT2D eigenvalue weighted by Crippen LogP contribution is 2.46. The van der Waals surface area contributed by atoms with E-state index in [9.17, 15) is 14.0 Å². The van der Waals surface area contributed by atoms with Gasteiger partial charge in [0.05, 0.1) is 31.7 Å². The molecule has 1 aliphatic rings. The van der Waals surface area contributed by atoms with Crippen LogP contribution in [0.2, 0.25) is 0 Å². The van der Waals surface area contributed by atoms with Crippen molar-refractivity contribution in [1.82, 2.24) is 0 Å². The molecule has 0 bridgehead atoms. The van der Waals surface area contributed by atoms with Crippen LogP contribution >= 0.6 is 0 Å². The fourth-order valence-corrected chi connectivity index (χ4v) is 3.99. The predicted molar refractivity (Wildman–Crippen MR) is 115 cm³/mol. The number of rotatable bonds is 7. The molecule has 0 spiro atoms. The number of benzene rings is 3. The third kappa shape index (κ3) is 3.56. The van der Waals surface area contributed by atoms with Crippen molar-refractivity contribution >= 4 is 28.3 Å². The second-order valence-corrected chi connectivity index (χ2v) is 7.16. The van der Waals surface area contributed by atoms with Crippen LogP contribution in [0.5, 0.6) is 11.5 Å². The molecule has 1 amide bonds. The van der Waals surface area contributed by atoms with Gasteiger partial charge in [0, 0.05) is 22.0 Å². The number of anilines is 1. The number of nitrogens with zero attached hydrogens (tertiary/aromatic N) is 1. The molecule has 0 saturated carbocycles. The van der Waals surface area contributed by atoms with Gasteiger partial charge in [-0.3, -0.25) is 9.59 Å². The Morgan fingerprint density at radius 3 is 2.32 bits per heavy atom. The van der Waals surface area contributed by atoms with E-state index in [1.165, 1.54) is 17.0 Å². The van der Waals surface area contributed by atoms with Gasteiger partial charge in [-0.1, -0.05) is 30.3 Å². The fraction of sp³-hybridized carbons (Fsp3) is 0.250. The molecule has 0 atom stereocenters. The van der Waals surface area contributed by atoms with Crippen molar-refractivity contribution in [2.24, 2.45) is 0 Å². The molecule has 4 rings (SSSR count). The van der Waals surface area contributed by atoms with E-state index in [2.05, 4.69) is 0 Å². The highest BCUT2D eigenvalue weighted by Gasteiger charge is 2.37. The summed E-state index contributed by atoms with van der Waals surface area (Å²) < 4.78 is 26.3. The van der Waals surface area contributed by atoms with Crippen molar-refractivity contribution in [3.63, 3.8) is 0 Å². The van der Waals surface area contributed by atoms with Crippen molar-refractivity contribution in [2.75, 3.05) is 18.1 Å². The van der Waals surface area contributed by atoms with Gasteiger partial charge in [0.1, 0.15) is 17.3 Å². The molecule has 3 aromatic carbocycles. The van der Waals surface area contributed by atoms with Crippen molar-refractivity contribution in [2.45, 2.75) is 26.8 Å². The first-order valence-electron chi connectivity index (χ1n) is 10.1. The lowest BCUT2D eigenvalue weighted by Gasteiger charge is -2.17. The molecule has 0 aromatic heterocycles. The largest absolute Gasteiger partial charge is 0.493 e. The van der Waals surface area contributed by atoms with Crippen LogP contribution in [0, 0.1) is 5.82 Å². The van der Waals surface area contributed by atoms with Gasteiger partial charge >= 0.3 is 5.97 Å². The lowest BCUT2D eigenvalue weighted by Crippen LogP contribution is -2.23. The second-order valence-electron chi connectivity index (χ2n) is 7.16. The maximum absolute atomic E-state index is 14.5. The van der Waals surface area contributed by atoms with Gasteiger partial charge in [-0.05, 0) is 31.5 Å². The van der Waals surface area contributed by atoms with Crippen LogP contribution in [0.25, 0.3) is 10.8 Å². The number of aliphatic carboxylic acids is 1. The standard InChI is InChI=1S/C24H22FNO5/c1-3-30-22-16-7-5-6-8-17(16)23(31-4-2)21-18(22)13-26(24(21)29)15-10-9-14(11-20(27)28)19(25)12-15/h5-10,12H,3-4,11,13H2,1-2H3,(H,27,28). The molecular weight excluding hydrogens is 401 g/mol. The predicted octanol–water partition coefficient (Wildman–Crippen LogP) is 4.56. The Morgan fingerprint density at radius 1 is 1.06 bits per heavy atom. The highest BCUT2D eigenvalue weighted by molar-refractivity contribution is 6.16. The van der Waals surface area contributed by atoms with E-state index < -0.39 is 18.2 Å². The summed E-state index contributed by atoms with van der Waals surface area (Å²) in [7, 11) is 0. The number of hydrogen-bond acceptors (Lipinski definition) is 4. The summed E-state index contributed by atoms with van der Waals surface area (Å²) in [6.45, 7) is 4.74. The van der Waals surface area contributed by atoms with Gasteiger partial charge in [0.15, 0.2) is 0 Å². The highest BCUT2D eigenvalue weighted by atomic mass is 19.1. The first-order chi connectivity index (χ1) is 15.0. The molecule has 6 nitrogen and oxygen atoms in total. The molecule has 0 fully saturated rings. The van der Waals surface area contributed by atoms with E-state index in [1.54, 1.807) is 6.07 Å². The first kappa shape index (κ1) is 20.7. The van der Waals surface area contributed by atoms with Crippen LogP contribution in [0.1, 0.15) is 35.3 Å². The Hall–Kier alpha value is -3.61. The van der Waals surface area contributed by atoms with Crippen molar-refractivity contribution < 1.29 is 28.6 Å². The summed E-state index contributed by atoms with van der Waals surface area (Å²) in [4.78, 5) is 25.8. The quantitative estimate of drug-likeness (QED) is 0.603. The van der Waals surface area contributed by atoms with Gasteiger partial charge in [-0.15, -0.1) is 0 Å². The molecule has 3 aromatic rings.